The van der Waals surface area contributed by atoms with E-state index in [0.29, 0.717) is 16.8 Å². The number of carbonyl (C=O) groups excluding carboxylic acids is 2. The molecule has 3 heteroatoms. The lowest BCUT2D eigenvalue weighted by Gasteiger charge is -2.16. The Hall–Kier alpha value is -2.68. The Morgan fingerprint density at radius 3 is 2.48 bits per heavy atom. The van der Waals surface area contributed by atoms with Gasteiger partial charge in [-0.3, -0.25) is 9.59 Å². The Kier molecular flexibility index (Phi) is 3.40. The predicted octanol–water partition coefficient (Wildman–Crippen LogP) is 3.62. The monoisotopic (exact) mass is 277 g/mol. The molecule has 2 aromatic carbocycles. The van der Waals surface area contributed by atoms with Gasteiger partial charge in [-0.15, -0.1) is 0 Å². The highest BCUT2D eigenvalue weighted by Gasteiger charge is 2.25. The van der Waals surface area contributed by atoms with Crippen LogP contribution in [0, 0.1) is 0 Å². The maximum absolute atomic E-state index is 12.4. The van der Waals surface area contributed by atoms with Crippen molar-refractivity contribution in [3.8, 4) is 0 Å². The number of ketones is 2. The summed E-state index contributed by atoms with van der Waals surface area (Å²) in [4.78, 5) is 24.5. The van der Waals surface area contributed by atoms with Crippen LogP contribution in [0.15, 0.2) is 60.3 Å². The maximum atomic E-state index is 12.4. The van der Waals surface area contributed by atoms with Gasteiger partial charge in [-0.1, -0.05) is 43.3 Å². The molecule has 0 heterocycles. The molecule has 0 amide bonds. The molecule has 0 saturated heterocycles. The Labute approximate surface area is 123 Å². The fraction of sp³-hybridized carbons (Fsp3) is 0.111. The molecule has 0 unspecified atom stereocenters. The van der Waals surface area contributed by atoms with Gasteiger partial charge in [0.25, 0.3) is 0 Å². The quantitative estimate of drug-likeness (QED) is 0.932. The minimum Gasteiger partial charge on any atom is -0.352 e. The van der Waals surface area contributed by atoms with Gasteiger partial charge in [-0.25, -0.2) is 0 Å². The van der Waals surface area contributed by atoms with Crippen LogP contribution in [-0.2, 0) is 6.42 Å². The van der Waals surface area contributed by atoms with Gasteiger partial charge in [-0.2, -0.15) is 0 Å². The third kappa shape index (κ3) is 2.50. The van der Waals surface area contributed by atoms with Crippen LogP contribution in [0.3, 0.4) is 0 Å². The van der Waals surface area contributed by atoms with Crippen LogP contribution < -0.4 is 5.32 Å². The number of Topliss-reactive ketones (excluding diaryl/α,β-unsaturated/α-hetero) is 1. The van der Waals surface area contributed by atoms with Crippen molar-refractivity contribution in [1.82, 2.24) is 0 Å². The van der Waals surface area contributed by atoms with Crippen molar-refractivity contribution in [3.05, 3.63) is 77.0 Å². The van der Waals surface area contributed by atoms with Gasteiger partial charge in [0.05, 0.1) is 5.70 Å². The number of aryl methyl sites for hydroxylation is 1. The molecule has 0 radical (unpaired) electrons. The number of anilines is 1. The summed E-state index contributed by atoms with van der Waals surface area (Å²) in [6.45, 7) is 2.07. The summed E-state index contributed by atoms with van der Waals surface area (Å²) in [6.07, 6.45) is 2.30. The molecule has 0 fully saturated rings. The van der Waals surface area contributed by atoms with E-state index >= 15 is 0 Å². The topological polar surface area (TPSA) is 46.2 Å². The van der Waals surface area contributed by atoms with Gasteiger partial charge in [0.1, 0.15) is 0 Å². The summed E-state index contributed by atoms with van der Waals surface area (Å²) in [5.74, 6) is -0.286. The largest absolute Gasteiger partial charge is 0.352 e. The highest BCUT2D eigenvalue weighted by Crippen LogP contribution is 2.23. The number of carbonyl (C=O) groups is 2. The minimum atomic E-state index is -0.146. The van der Waals surface area contributed by atoms with Crippen molar-refractivity contribution in [1.29, 1.82) is 0 Å². The molecular formula is C18H15NO2. The van der Waals surface area contributed by atoms with Crippen LogP contribution in [0.5, 0.6) is 0 Å². The third-order valence-corrected chi connectivity index (χ3v) is 3.57. The van der Waals surface area contributed by atoms with Crippen molar-refractivity contribution in [3.63, 3.8) is 0 Å². The molecule has 0 bridgehead atoms. The standard InChI is InChI=1S/C18H15NO2/c1-2-12-6-5-7-13(10-12)19-16-11-17(20)14-8-3-4-9-15(14)18(16)21/h3-11,19H,2H2,1H3. The van der Waals surface area contributed by atoms with Crippen molar-refractivity contribution in [2.24, 2.45) is 0 Å². The van der Waals surface area contributed by atoms with Gasteiger partial charge in [0, 0.05) is 22.9 Å². The number of rotatable bonds is 3. The summed E-state index contributed by atoms with van der Waals surface area (Å²) >= 11 is 0. The summed E-state index contributed by atoms with van der Waals surface area (Å²) in [7, 11) is 0. The van der Waals surface area contributed by atoms with E-state index in [1.165, 1.54) is 11.6 Å². The SMILES string of the molecule is CCc1cccc(NC2=CC(=O)c3ccccc3C2=O)c1. The van der Waals surface area contributed by atoms with Gasteiger partial charge in [0.2, 0.25) is 5.78 Å². The second-order valence-corrected chi connectivity index (χ2v) is 4.98. The normalized spacial score (nSPS) is 13.7. The van der Waals surface area contributed by atoms with E-state index in [2.05, 4.69) is 12.2 Å². The lowest BCUT2D eigenvalue weighted by atomic mass is 9.92. The Bertz CT molecular complexity index is 759. The molecule has 3 nitrogen and oxygen atoms in total. The number of nitrogens with one attached hydrogen (secondary N) is 1. The second-order valence-electron chi connectivity index (χ2n) is 4.98. The number of allylic oxidation sites excluding steroid dienone is 2. The fourth-order valence-corrected chi connectivity index (χ4v) is 2.43. The number of hydrogen-bond acceptors (Lipinski definition) is 3. The van der Waals surface area contributed by atoms with E-state index in [4.69, 9.17) is 0 Å². The first kappa shape index (κ1) is 13.3. The zero-order chi connectivity index (χ0) is 14.8. The van der Waals surface area contributed by atoms with Crippen LogP contribution in [-0.4, -0.2) is 11.6 Å². The van der Waals surface area contributed by atoms with Gasteiger partial charge in [0.15, 0.2) is 5.78 Å². The maximum Gasteiger partial charge on any atom is 0.210 e. The molecule has 3 rings (SSSR count). The average Bonchev–Trinajstić information content (AvgIpc) is 2.52. The van der Waals surface area contributed by atoms with Crippen molar-refractivity contribution in [2.75, 3.05) is 5.32 Å². The molecule has 0 aromatic heterocycles. The minimum absolute atomic E-state index is 0.139. The molecule has 1 aliphatic rings. The van der Waals surface area contributed by atoms with Crippen molar-refractivity contribution < 1.29 is 9.59 Å². The zero-order valence-electron chi connectivity index (χ0n) is 11.7. The van der Waals surface area contributed by atoms with Gasteiger partial charge >= 0.3 is 0 Å². The van der Waals surface area contributed by atoms with Crippen molar-refractivity contribution >= 4 is 17.3 Å². The molecule has 2 aromatic rings. The van der Waals surface area contributed by atoms with Gasteiger partial charge in [-0.05, 0) is 24.1 Å². The molecule has 21 heavy (non-hydrogen) atoms. The first-order chi connectivity index (χ1) is 10.2. The first-order valence-electron chi connectivity index (χ1n) is 6.94. The van der Waals surface area contributed by atoms with E-state index in [-0.39, 0.29) is 11.6 Å². The summed E-state index contributed by atoms with van der Waals surface area (Å²) in [6, 6.07) is 14.7. The van der Waals surface area contributed by atoms with Gasteiger partial charge < -0.3 is 5.32 Å². The molecule has 1 aliphatic carbocycles. The first-order valence-corrected chi connectivity index (χ1v) is 6.94. The molecule has 0 spiro atoms. The Morgan fingerprint density at radius 2 is 1.71 bits per heavy atom. The highest BCUT2D eigenvalue weighted by molar-refractivity contribution is 6.25. The smallest absolute Gasteiger partial charge is 0.210 e. The molecule has 0 saturated carbocycles. The van der Waals surface area contributed by atoms with E-state index in [1.54, 1.807) is 24.3 Å². The molecule has 104 valence electrons. The fourth-order valence-electron chi connectivity index (χ4n) is 2.43. The van der Waals surface area contributed by atoms with Crippen LogP contribution in [0.1, 0.15) is 33.2 Å². The number of benzene rings is 2. The van der Waals surface area contributed by atoms with Crippen LogP contribution >= 0.6 is 0 Å². The van der Waals surface area contributed by atoms with E-state index < -0.39 is 0 Å². The Balaban J connectivity index is 1.93. The summed E-state index contributed by atoms with van der Waals surface area (Å²) < 4.78 is 0. The number of hydrogen-bond donors (Lipinski definition) is 1. The number of fused-ring (bicyclic) bond motifs is 1. The van der Waals surface area contributed by atoms with Crippen LogP contribution in [0.2, 0.25) is 0 Å². The lowest BCUT2D eigenvalue weighted by Crippen LogP contribution is -2.21. The Morgan fingerprint density at radius 1 is 0.952 bits per heavy atom. The molecule has 1 N–H and O–H groups in total. The summed E-state index contributed by atoms with van der Waals surface area (Å²) in [5, 5.41) is 3.07. The second kappa shape index (κ2) is 5.37. The highest BCUT2D eigenvalue weighted by atomic mass is 16.1. The van der Waals surface area contributed by atoms with E-state index in [9.17, 15) is 9.59 Å². The third-order valence-electron chi connectivity index (χ3n) is 3.57. The van der Waals surface area contributed by atoms with Crippen molar-refractivity contribution in [2.45, 2.75) is 13.3 Å². The zero-order valence-corrected chi connectivity index (χ0v) is 11.7. The summed E-state index contributed by atoms with van der Waals surface area (Å²) in [5.41, 5.74) is 3.25. The molecule has 0 atom stereocenters. The van der Waals surface area contributed by atoms with E-state index in [1.807, 2.05) is 24.3 Å². The average molecular weight is 277 g/mol. The van der Waals surface area contributed by atoms with Crippen LogP contribution in [0.25, 0.3) is 0 Å². The van der Waals surface area contributed by atoms with Crippen LogP contribution in [0.4, 0.5) is 5.69 Å². The lowest BCUT2D eigenvalue weighted by molar-refractivity contribution is 0.0985. The predicted molar refractivity (Wildman–Crippen MR) is 82.6 cm³/mol. The molecule has 0 aliphatic heterocycles. The molecular weight excluding hydrogens is 262 g/mol. The van der Waals surface area contributed by atoms with E-state index in [0.717, 1.165) is 12.1 Å².